The number of carbonyl (C=O) groups is 3. The van der Waals surface area contributed by atoms with Crippen molar-refractivity contribution in [2.75, 3.05) is 45.3 Å². The number of morpholine rings is 1. The molecule has 3 unspecified atom stereocenters. The number of aliphatic hydroxyl groups excluding tert-OH is 3. The highest BCUT2D eigenvalue weighted by Crippen LogP contribution is 2.56. The van der Waals surface area contributed by atoms with Crippen LogP contribution in [-0.2, 0) is 19.1 Å². The maximum absolute atomic E-state index is 14.0. The van der Waals surface area contributed by atoms with Crippen molar-refractivity contribution in [3.63, 3.8) is 0 Å². The molecule has 2 fully saturated rings. The highest BCUT2D eigenvalue weighted by atomic mass is 16.5. The number of benzene rings is 1. The van der Waals surface area contributed by atoms with Crippen LogP contribution in [0.25, 0.3) is 5.76 Å². The molecule has 0 spiro atoms. The van der Waals surface area contributed by atoms with Crippen LogP contribution in [-0.4, -0.2) is 106 Å². The summed E-state index contributed by atoms with van der Waals surface area (Å²) in [5, 5.41) is 57.0. The Morgan fingerprint density at radius 2 is 1.79 bits per heavy atom. The predicted molar refractivity (Wildman–Crippen MR) is 133 cm³/mol. The number of phenols is 1. The highest BCUT2D eigenvalue weighted by Gasteiger charge is 2.68. The van der Waals surface area contributed by atoms with E-state index in [1.807, 2.05) is 4.90 Å². The first-order chi connectivity index (χ1) is 17.8. The highest BCUT2D eigenvalue weighted by molar-refractivity contribution is 6.24. The fraction of sp³-hybridized carbons (Fsp3) is 0.500. The lowest BCUT2D eigenvalue weighted by Gasteiger charge is -2.53. The lowest BCUT2D eigenvalue weighted by atomic mass is 9.54. The van der Waals surface area contributed by atoms with Crippen molar-refractivity contribution in [1.29, 1.82) is 0 Å². The van der Waals surface area contributed by atoms with E-state index in [1.54, 1.807) is 19.1 Å². The number of anilines is 1. The second-order valence-electron chi connectivity index (χ2n) is 10.5. The molecule has 1 aromatic carbocycles. The number of fused-ring (bicyclic) bond motifs is 3. The number of nitrogens with zero attached hydrogens (tertiary/aromatic N) is 2. The number of ether oxygens (including phenoxy) is 1. The summed E-state index contributed by atoms with van der Waals surface area (Å²) in [5.74, 6) is -8.97. The second kappa shape index (κ2) is 8.80. The van der Waals surface area contributed by atoms with Crippen LogP contribution in [0.15, 0.2) is 29.0 Å². The van der Waals surface area contributed by atoms with E-state index in [1.165, 1.54) is 19.0 Å². The van der Waals surface area contributed by atoms with Gasteiger partial charge in [-0.3, -0.25) is 19.3 Å². The molecule has 3 aliphatic carbocycles. The first kappa shape index (κ1) is 26.2. The molecular formula is C26H31N3O9. The van der Waals surface area contributed by atoms with Crippen LogP contribution in [0.1, 0.15) is 24.0 Å². The van der Waals surface area contributed by atoms with Crippen molar-refractivity contribution in [3.05, 3.63) is 40.2 Å². The summed E-state index contributed by atoms with van der Waals surface area (Å²) >= 11 is 0. The van der Waals surface area contributed by atoms with Crippen LogP contribution in [0.4, 0.5) is 5.69 Å². The number of phenolic OH excluding ortho intramolecular Hbond substituents is 1. The van der Waals surface area contributed by atoms with E-state index in [-0.39, 0.29) is 11.3 Å². The minimum absolute atomic E-state index is 0.0232. The van der Waals surface area contributed by atoms with Gasteiger partial charge in [0.15, 0.2) is 11.4 Å². The standard InChI is InChI=1S/C26H31N3O9/c1-10-11-4-5-12(29-6-8-38-9-7-29)19(30)14(11)20(31)15-13(10)21(32)17-18(28(2)3)22(33)16(25(27)36)24(35)26(17,37)23(15)34/h4-5,10,13,17-18,21,30-32,35,37H,6-9H2,1-3H3,(H2,27,36)/t10-,13?,17?,18-,21?,26-/m0/s1. The van der Waals surface area contributed by atoms with Gasteiger partial charge in [0.1, 0.15) is 22.8 Å². The minimum atomic E-state index is -2.93. The van der Waals surface area contributed by atoms with Gasteiger partial charge < -0.3 is 40.9 Å². The normalized spacial score (nSPS) is 33.3. The number of amides is 1. The Kier molecular flexibility index (Phi) is 6.06. The third-order valence-electron chi connectivity index (χ3n) is 8.46. The van der Waals surface area contributed by atoms with Crippen LogP contribution < -0.4 is 10.6 Å². The molecule has 12 heteroatoms. The molecular weight excluding hydrogens is 498 g/mol. The number of hydrogen-bond donors (Lipinski definition) is 6. The number of aliphatic hydroxyl groups is 4. The number of Topliss-reactive ketones (excluding diaryl/α,β-unsaturated/α-hetero) is 2. The first-order valence-electron chi connectivity index (χ1n) is 12.4. The summed E-state index contributed by atoms with van der Waals surface area (Å²) < 4.78 is 5.37. The Morgan fingerprint density at radius 1 is 1.16 bits per heavy atom. The number of hydrogen-bond acceptors (Lipinski definition) is 11. The van der Waals surface area contributed by atoms with Gasteiger partial charge in [-0.25, -0.2) is 0 Å². The number of carbonyl (C=O) groups excluding carboxylic acids is 3. The smallest absolute Gasteiger partial charge is 0.255 e. The number of ketones is 2. The molecule has 1 saturated heterocycles. The molecule has 1 amide bonds. The van der Waals surface area contributed by atoms with Crippen LogP contribution in [0.5, 0.6) is 5.75 Å². The molecule has 1 heterocycles. The summed E-state index contributed by atoms with van der Waals surface area (Å²) in [6.07, 6.45) is -1.62. The van der Waals surface area contributed by atoms with E-state index in [4.69, 9.17) is 10.5 Å². The summed E-state index contributed by atoms with van der Waals surface area (Å²) in [6, 6.07) is 2.02. The Hall–Kier alpha value is -3.45. The number of primary amides is 1. The van der Waals surface area contributed by atoms with Gasteiger partial charge in [-0.1, -0.05) is 13.0 Å². The van der Waals surface area contributed by atoms with Gasteiger partial charge in [-0.05, 0) is 31.6 Å². The lowest BCUT2D eigenvalue weighted by molar-refractivity contribution is -0.169. The largest absolute Gasteiger partial charge is 0.508 e. The Labute approximate surface area is 218 Å². The number of likely N-dealkylation sites (N-methyl/N-ethyl adjacent to an activating group) is 1. The van der Waals surface area contributed by atoms with Gasteiger partial charge >= 0.3 is 0 Å². The molecule has 204 valence electrons. The van der Waals surface area contributed by atoms with Crippen LogP contribution in [0.3, 0.4) is 0 Å². The van der Waals surface area contributed by atoms with Crippen LogP contribution in [0.2, 0.25) is 0 Å². The van der Waals surface area contributed by atoms with E-state index in [0.29, 0.717) is 37.6 Å². The number of nitrogens with two attached hydrogens (primary N) is 1. The minimum Gasteiger partial charge on any atom is -0.508 e. The Morgan fingerprint density at radius 3 is 2.37 bits per heavy atom. The molecule has 4 aliphatic rings. The van der Waals surface area contributed by atoms with E-state index in [9.17, 15) is 39.9 Å². The fourth-order valence-electron chi connectivity index (χ4n) is 6.66. The molecule has 6 atom stereocenters. The third kappa shape index (κ3) is 3.27. The molecule has 1 aromatic rings. The predicted octanol–water partition coefficient (Wildman–Crippen LogP) is -0.668. The molecule has 0 aromatic heterocycles. The van der Waals surface area contributed by atoms with Crippen molar-refractivity contribution < 1.29 is 44.7 Å². The topological polar surface area (TPSA) is 194 Å². The third-order valence-corrected chi connectivity index (χ3v) is 8.46. The van der Waals surface area contributed by atoms with Gasteiger partial charge in [0, 0.05) is 24.6 Å². The van der Waals surface area contributed by atoms with Gasteiger partial charge in [0.25, 0.3) is 5.91 Å². The van der Waals surface area contributed by atoms with E-state index in [2.05, 4.69) is 0 Å². The summed E-state index contributed by atoms with van der Waals surface area (Å²) in [4.78, 5) is 42.5. The van der Waals surface area contributed by atoms with Crippen molar-refractivity contribution in [2.24, 2.45) is 17.6 Å². The maximum Gasteiger partial charge on any atom is 0.255 e. The van der Waals surface area contributed by atoms with Gasteiger partial charge in [0.05, 0.1) is 42.5 Å². The Bertz CT molecular complexity index is 1310. The maximum atomic E-state index is 14.0. The van der Waals surface area contributed by atoms with E-state index in [0.717, 1.165) is 0 Å². The number of aromatic hydroxyl groups is 1. The quantitative estimate of drug-likeness (QED) is 0.272. The van der Waals surface area contributed by atoms with Crippen molar-refractivity contribution >= 4 is 28.9 Å². The molecule has 0 radical (unpaired) electrons. The zero-order valence-electron chi connectivity index (χ0n) is 21.2. The van der Waals surface area contributed by atoms with Crippen molar-refractivity contribution in [3.8, 4) is 5.75 Å². The SMILES string of the molecule is C[C@H]1c2ccc(N3CCOCC3)c(O)c2C(O)=C2C(=O)[C@]3(O)C(O)=C(C(N)=O)C(=O)[C@@H](N(C)C)C3C(O)C21. The average Bonchev–Trinajstić information content (AvgIpc) is 2.86. The zero-order valence-corrected chi connectivity index (χ0v) is 21.2. The summed E-state index contributed by atoms with van der Waals surface area (Å²) in [5.41, 5.74) is 1.91. The molecule has 1 saturated carbocycles. The molecule has 1 aliphatic heterocycles. The summed E-state index contributed by atoms with van der Waals surface area (Å²) in [6.45, 7) is 3.58. The molecule has 5 rings (SSSR count). The number of rotatable bonds is 3. The van der Waals surface area contributed by atoms with Crippen LogP contribution in [0, 0.1) is 11.8 Å². The first-order valence-corrected chi connectivity index (χ1v) is 12.4. The fourth-order valence-corrected chi connectivity index (χ4v) is 6.66. The lowest BCUT2D eigenvalue weighted by Crippen LogP contribution is -2.70. The molecule has 7 N–H and O–H groups in total. The van der Waals surface area contributed by atoms with Crippen molar-refractivity contribution in [1.82, 2.24) is 4.90 Å². The van der Waals surface area contributed by atoms with Crippen molar-refractivity contribution in [2.45, 2.75) is 30.6 Å². The van der Waals surface area contributed by atoms with Gasteiger partial charge in [0.2, 0.25) is 5.78 Å². The monoisotopic (exact) mass is 529 g/mol. The molecule has 38 heavy (non-hydrogen) atoms. The zero-order chi connectivity index (χ0) is 27.8. The Balaban J connectivity index is 1.75. The van der Waals surface area contributed by atoms with Crippen LogP contribution >= 0.6 is 0 Å². The molecule has 0 bridgehead atoms. The average molecular weight is 530 g/mol. The molecule has 12 nitrogen and oxygen atoms in total. The van der Waals surface area contributed by atoms with Gasteiger partial charge in [-0.2, -0.15) is 0 Å². The van der Waals surface area contributed by atoms with E-state index < -0.39 is 75.6 Å². The second-order valence-corrected chi connectivity index (χ2v) is 10.5. The van der Waals surface area contributed by atoms with Gasteiger partial charge in [-0.15, -0.1) is 0 Å². The summed E-state index contributed by atoms with van der Waals surface area (Å²) in [7, 11) is 2.93. The van der Waals surface area contributed by atoms with E-state index >= 15 is 0 Å².